The van der Waals surface area contributed by atoms with E-state index in [2.05, 4.69) is 13.8 Å². The number of unbranched alkanes of at least 4 members (excludes halogenated alkanes) is 36. The Balaban J connectivity index is 4.24. The number of aliphatic carboxylic acids is 1. The summed E-state index contributed by atoms with van der Waals surface area (Å²) in [5.74, 6) is -1.98. The number of quaternary nitrogens is 1. The molecular formula is C54H106NO8+. The molecule has 2 atom stereocenters. The molecule has 0 aromatic carbocycles. The number of ether oxygens (including phenoxy) is 4. The first-order chi connectivity index (χ1) is 30.6. The molecular weight excluding hydrogens is 791 g/mol. The number of esters is 2. The molecule has 9 nitrogen and oxygen atoms in total. The second-order valence-corrected chi connectivity index (χ2v) is 19.9. The topological polar surface area (TPSA) is 108 Å². The highest BCUT2D eigenvalue weighted by molar-refractivity contribution is 5.71. The molecule has 0 aromatic heterocycles. The maximum Gasteiger partial charge on any atom is 0.361 e. The summed E-state index contributed by atoms with van der Waals surface area (Å²) in [6.45, 7) is 4.94. The van der Waals surface area contributed by atoms with Gasteiger partial charge >= 0.3 is 17.9 Å². The molecule has 0 radical (unpaired) electrons. The van der Waals surface area contributed by atoms with Crippen LogP contribution in [0.1, 0.15) is 271 Å². The van der Waals surface area contributed by atoms with Gasteiger partial charge in [0.1, 0.15) is 13.2 Å². The van der Waals surface area contributed by atoms with Crippen molar-refractivity contribution in [1.82, 2.24) is 0 Å². The number of carboxylic acids is 1. The molecule has 0 heterocycles. The van der Waals surface area contributed by atoms with Crippen LogP contribution in [0.5, 0.6) is 0 Å². The number of hydrogen-bond donors (Lipinski definition) is 1. The normalized spacial score (nSPS) is 12.7. The summed E-state index contributed by atoms with van der Waals surface area (Å²) in [4.78, 5) is 37.3. The van der Waals surface area contributed by atoms with Crippen molar-refractivity contribution in [1.29, 1.82) is 0 Å². The molecule has 9 heteroatoms. The van der Waals surface area contributed by atoms with Gasteiger partial charge < -0.3 is 28.5 Å². The van der Waals surface area contributed by atoms with Crippen LogP contribution in [0, 0.1) is 0 Å². The monoisotopic (exact) mass is 897 g/mol. The largest absolute Gasteiger partial charge is 0.477 e. The molecule has 0 aromatic rings. The Morgan fingerprint density at radius 3 is 1.02 bits per heavy atom. The number of likely N-dealkylation sites (N-methyl/N-ethyl adjacent to an activating group) is 1. The van der Waals surface area contributed by atoms with Crippen LogP contribution in [-0.2, 0) is 33.3 Å². The van der Waals surface area contributed by atoms with Crippen molar-refractivity contribution >= 4 is 17.9 Å². The second kappa shape index (κ2) is 46.8. The van der Waals surface area contributed by atoms with E-state index in [-0.39, 0.29) is 38.2 Å². The molecule has 63 heavy (non-hydrogen) atoms. The molecule has 0 rings (SSSR count). The van der Waals surface area contributed by atoms with Gasteiger partial charge in [0, 0.05) is 12.8 Å². The van der Waals surface area contributed by atoms with Gasteiger partial charge in [-0.25, -0.2) is 4.79 Å². The van der Waals surface area contributed by atoms with E-state index in [4.69, 9.17) is 18.9 Å². The number of nitrogens with zero attached hydrogens (tertiary/aromatic N) is 1. The van der Waals surface area contributed by atoms with Crippen molar-refractivity contribution in [2.45, 2.75) is 283 Å². The number of carbonyl (C=O) groups is 3. The van der Waals surface area contributed by atoms with E-state index in [0.29, 0.717) is 17.4 Å². The third kappa shape index (κ3) is 48.1. The summed E-state index contributed by atoms with van der Waals surface area (Å²) >= 11 is 0. The summed E-state index contributed by atoms with van der Waals surface area (Å²) < 4.78 is 22.9. The SMILES string of the molecule is CCCCCCCCCCCCCCCCCCCCCCCC(=O)OC(COC(=O)CCCCCCCCCCCCCCCCCCC)COC(OCC[N+](C)(C)C)C(=O)O. The summed E-state index contributed by atoms with van der Waals surface area (Å²) in [5, 5.41) is 9.68. The zero-order valence-electron chi connectivity index (χ0n) is 42.5. The van der Waals surface area contributed by atoms with E-state index in [1.165, 1.54) is 205 Å². The Hall–Kier alpha value is -1.71. The van der Waals surface area contributed by atoms with E-state index in [9.17, 15) is 19.5 Å². The number of hydrogen-bond acceptors (Lipinski definition) is 7. The van der Waals surface area contributed by atoms with Gasteiger partial charge in [-0.2, -0.15) is 0 Å². The van der Waals surface area contributed by atoms with Crippen molar-refractivity contribution < 1.29 is 42.9 Å². The lowest BCUT2D eigenvalue weighted by Crippen LogP contribution is -2.40. The molecule has 0 fully saturated rings. The minimum Gasteiger partial charge on any atom is -0.477 e. The molecule has 1 N–H and O–H groups in total. The smallest absolute Gasteiger partial charge is 0.361 e. The quantitative estimate of drug-likeness (QED) is 0.0278. The van der Waals surface area contributed by atoms with Crippen molar-refractivity contribution in [2.24, 2.45) is 0 Å². The van der Waals surface area contributed by atoms with Crippen LogP contribution in [0.2, 0.25) is 0 Å². The predicted molar refractivity (Wildman–Crippen MR) is 263 cm³/mol. The van der Waals surface area contributed by atoms with Crippen molar-refractivity contribution in [3.05, 3.63) is 0 Å². The van der Waals surface area contributed by atoms with Crippen molar-refractivity contribution in [2.75, 3.05) is 47.5 Å². The van der Waals surface area contributed by atoms with Crippen LogP contribution in [0.3, 0.4) is 0 Å². The molecule has 0 saturated heterocycles. The van der Waals surface area contributed by atoms with Gasteiger partial charge in [-0.15, -0.1) is 0 Å². The zero-order valence-corrected chi connectivity index (χ0v) is 42.5. The summed E-state index contributed by atoms with van der Waals surface area (Å²) in [7, 11) is 5.98. The highest BCUT2D eigenvalue weighted by Gasteiger charge is 2.25. The van der Waals surface area contributed by atoms with E-state index >= 15 is 0 Å². The van der Waals surface area contributed by atoms with Gasteiger partial charge in [-0.3, -0.25) is 9.59 Å². The fraction of sp³-hybridized carbons (Fsp3) is 0.944. The molecule has 0 aliphatic rings. The molecule has 374 valence electrons. The lowest BCUT2D eigenvalue weighted by Gasteiger charge is -2.25. The van der Waals surface area contributed by atoms with Gasteiger partial charge in [-0.1, -0.05) is 245 Å². The Morgan fingerprint density at radius 2 is 0.714 bits per heavy atom. The lowest BCUT2D eigenvalue weighted by atomic mass is 10.0. The van der Waals surface area contributed by atoms with E-state index in [1.54, 1.807) is 0 Å². The van der Waals surface area contributed by atoms with Crippen LogP contribution >= 0.6 is 0 Å². The molecule has 0 aliphatic carbocycles. The summed E-state index contributed by atoms with van der Waals surface area (Å²) in [5.41, 5.74) is 0. The van der Waals surface area contributed by atoms with E-state index in [1.807, 2.05) is 21.1 Å². The average Bonchev–Trinajstić information content (AvgIpc) is 3.24. The van der Waals surface area contributed by atoms with Gasteiger partial charge in [0.2, 0.25) is 0 Å². The predicted octanol–water partition coefficient (Wildman–Crippen LogP) is 15.2. The third-order valence-corrected chi connectivity index (χ3v) is 12.4. The van der Waals surface area contributed by atoms with Crippen LogP contribution < -0.4 is 0 Å². The van der Waals surface area contributed by atoms with Crippen LogP contribution in [0.4, 0.5) is 0 Å². The zero-order chi connectivity index (χ0) is 46.3. The molecule has 0 amide bonds. The minimum absolute atomic E-state index is 0.173. The number of carbonyl (C=O) groups excluding carboxylic acids is 2. The summed E-state index contributed by atoms with van der Waals surface area (Å²) in [6.07, 6.45) is 47.4. The highest BCUT2D eigenvalue weighted by atomic mass is 16.7. The van der Waals surface area contributed by atoms with E-state index in [0.717, 1.165) is 38.5 Å². The third-order valence-electron chi connectivity index (χ3n) is 12.4. The fourth-order valence-electron chi connectivity index (χ4n) is 8.13. The second-order valence-electron chi connectivity index (χ2n) is 19.9. The maximum absolute atomic E-state index is 12.8. The Morgan fingerprint density at radius 1 is 0.413 bits per heavy atom. The Labute approximate surface area is 390 Å². The minimum atomic E-state index is -1.50. The van der Waals surface area contributed by atoms with Crippen LogP contribution in [-0.4, -0.2) is 87.4 Å². The van der Waals surface area contributed by atoms with Gasteiger partial charge in [-0.05, 0) is 12.8 Å². The highest BCUT2D eigenvalue weighted by Crippen LogP contribution is 2.17. The molecule has 2 unspecified atom stereocenters. The maximum atomic E-state index is 12.8. The standard InChI is InChI=1S/C54H105NO8/c1-6-8-10-12-14-16-18-20-22-24-25-26-27-29-31-33-35-37-39-41-43-45-52(57)63-50(49-62-54(53(58)59)60-47-46-55(3,4)5)48-61-51(56)44-42-40-38-36-34-32-30-28-23-21-19-17-15-13-11-9-7-2/h50,54H,6-49H2,1-5H3/p+1. The Bertz CT molecular complexity index is 1000. The van der Waals surface area contributed by atoms with Crippen LogP contribution in [0.25, 0.3) is 0 Å². The average molecular weight is 897 g/mol. The lowest BCUT2D eigenvalue weighted by molar-refractivity contribution is -0.870. The first-order valence-electron chi connectivity index (χ1n) is 27.2. The van der Waals surface area contributed by atoms with Crippen LogP contribution in [0.15, 0.2) is 0 Å². The fourth-order valence-corrected chi connectivity index (χ4v) is 8.13. The van der Waals surface area contributed by atoms with Gasteiger partial charge in [0.15, 0.2) is 6.10 Å². The Kier molecular flexibility index (Phi) is 45.5. The van der Waals surface area contributed by atoms with Crippen molar-refractivity contribution in [3.8, 4) is 0 Å². The number of carboxylic acid groups (broad SMARTS) is 1. The first-order valence-corrected chi connectivity index (χ1v) is 27.2. The van der Waals surface area contributed by atoms with Gasteiger partial charge in [0.05, 0.1) is 34.4 Å². The van der Waals surface area contributed by atoms with Crippen molar-refractivity contribution in [3.63, 3.8) is 0 Å². The molecule has 0 spiro atoms. The molecule has 0 saturated carbocycles. The van der Waals surface area contributed by atoms with E-state index < -0.39 is 18.4 Å². The molecule has 0 bridgehead atoms. The first kappa shape index (κ1) is 61.3. The van der Waals surface area contributed by atoms with Gasteiger partial charge in [0.25, 0.3) is 6.29 Å². The summed E-state index contributed by atoms with van der Waals surface area (Å²) in [6, 6.07) is 0. The number of rotatable bonds is 51. The molecule has 0 aliphatic heterocycles.